The van der Waals surface area contributed by atoms with Gasteiger partial charge in [0, 0.05) is 12.7 Å². The Labute approximate surface area is 111 Å². The molecule has 0 saturated heterocycles. The Kier molecular flexibility index (Phi) is 16.4. The molecular formula is C14H27N3O. The van der Waals surface area contributed by atoms with Gasteiger partial charge in [0.05, 0.1) is 6.04 Å². The third-order valence-corrected chi connectivity index (χ3v) is 1.86. The summed E-state index contributed by atoms with van der Waals surface area (Å²) in [5, 5.41) is 3.14. The van der Waals surface area contributed by atoms with Gasteiger partial charge < -0.3 is 15.8 Å². The van der Waals surface area contributed by atoms with E-state index in [1.54, 1.807) is 6.20 Å². The van der Waals surface area contributed by atoms with Crippen molar-refractivity contribution in [2.75, 3.05) is 11.9 Å². The van der Waals surface area contributed by atoms with E-state index in [0.29, 0.717) is 6.42 Å². The first-order valence-electron chi connectivity index (χ1n) is 6.68. The van der Waals surface area contributed by atoms with Crippen LogP contribution in [-0.2, 0) is 4.79 Å². The van der Waals surface area contributed by atoms with Gasteiger partial charge in [0.2, 0.25) is 0 Å². The predicted molar refractivity (Wildman–Crippen MR) is 78.7 cm³/mol. The fourth-order valence-electron chi connectivity index (χ4n) is 1.09. The van der Waals surface area contributed by atoms with E-state index in [4.69, 9.17) is 5.73 Å². The van der Waals surface area contributed by atoms with Crippen molar-refractivity contribution in [1.82, 2.24) is 4.98 Å². The standard InChI is InChI=1S/C10H15N3O.2C2H6/c11-9(8-14)4-3-7-13-10-5-1-2-6-12-10;2*1-2/h1-2,5-6,8-9H,3-4,7,11H2,(H,12,13);2*1-2H3. The SMILES string of the molecule is CC.CC.NC(C=O)CCCNc1ccccn1. The van der Waals surface area contributed by atoms with Crippen molar-refractivity contribution in [2.45, 2.75) is 46.6 Å². The van der Waals surface area contributed by atoms with Crippen molar-refractivity contribution in [3.05, 3.63) is 24.4 Å². The normalized spacial score (nSPS) is 10.1. The van der Waals surface area contributed by atoms with E-state index in [9.17, 15) is 4.79 Å². The molecule has 104 valence electrons. The van der Waals surface area contributed by atoms with Crippen molar-refractivity contribution >= 4 is 12.1 Å². The summed E-state index contributed by atoms with van der Waals surface area (Å²) in [6.07, 6.45) is 4.10. The molecule has 0 spiro atoms. The smallest absolute Gasteiger partial charge is 0.136 e. The van der Waals surface area contributed by atoms with Crippen LogP contribution in [0.1, 0.15) is 40.5 Å². The van der Waals surface area contributed by atoms with Gasteiger partial charge in [0.25, 0.3) is 0 Å². The Balaban J connectivity index is 0. The zero-order valence-corrected chi connectivity index (χ0v) is 12.0. The number of carbonyl (C=O) groups excluding carboxylic acids is 1. The highest BCUT2D eigenvalue weighted by molar-refractivity contribution is 5.56. The fraction of sp³-hybridized carbons (Fsp3) is 0.571. The van der Waals surface area contributed by atoms with E-state index in [1.807, 2.05) is 45.9 Å². The van der Waals surface area contributed by atoms with Crippen LogP contribution in [0.4, 0.5) is 5.82 Å². The minimum absolute atomic E-state index is 0.333. The average Bonchev–Trinajstić information content (AvgIpc) is 2.48. The Hall–Kier alpha value is -1.42. The van der Waals surface area contributed by atoms with E-state index in [0.717, 1.165) is 25.1 Å². The average molecular weight is 253 g/mol. The topological polar surface area (TPSA) is 68.0 Å². The maximum Gasteiger partial charge on any atom is 0.136 e. The quantitative estimate of drug-likeness (QED) is 0.604. The van der Waals surface area contributed by atoms with E-state index in [2.05, 4.69) is 10.3 Å². The van der Waals surface area contributed by atoms with Crippen LogP contribution in [0.15, 0.2) is 24.4 Å². The summed E-state index contributed by atoms with van der Waals surface area (Å²) < 4.78 is 0. The van der Waals surface area contributed by atoms with Crippen LogP contribution in [-0.4, -0.2) is 23.9 Å². The van der Waals surface area contributed by atoms with Crippen molar-refractivity contribution in [1.29, 1.82) is 0 Å². The molecule has 0 fully saturated rings. The second-order valence-corrected chi connectivity index (χ2v) is 3.08. The minimum Gasteiger partial charge on any atom is -0.370 e. The zero-order valence-electron chi connectivity index (χ0n) is 12.0. The summed E-state index contributed by atoms with van der Waals surface area (Å²) >= 11 is 0. The van der Waals surface area contributed by atoms with Gasteiger partial charge in [0.1, 0.15) is 12.1 Å². The number of nitrogens with one attached hydrogen (secondary N) is 1. The van der Waals surface area contributed by atoms with Gasteiger partial charge in [-0.3, -0.25) is 0 Å². The Morgan fingerprint density at radius 1 is 1.33 bits per heavy atom. The number of anilines is 1. The number of nitrogens with two attached hydrogens (primary N) is 1. The van der Waals surface area contributed by atoms with Crippen molar-refractivity contribution < 1.29 is 4.79 Å². The van der Waals surface area contributed by atoms with Gasteiger partial charge >= 0.3 is 0 Å². The second kappa shape index (κ2) is 15.6. The molecule has 1 unspecified atom stereocenters. The second-order valence-electron chi connectivity index (χ2n) is 3.08. The van der Waals surface area contributed by atoms with Crippen molar-refractivity contribution in [3.8, 4) is 0 Å². The van der Waals surface area contributed by atoms with Crippen LogP contribution in [0.25, 0.3) is 0 Å². The van der Waals surface area contributed by atoms with Crippen LogP contribution < -0.4 is 11.1 Å². The predicted octanol–water partition coefficient (Wildman–Crippen LogP) is 2.85. The molecule has 0 aliphatic heterocycles. The van der Waals surface area contributed by atoms with Crippen LogP contribution >= 0.6 is 0 Å². The lowest BCUT2D eigenvalue weighted by Gasteiger charge is -2.05. The summed E-state index contributed by atoms with van der Waals surface area (Å²) in [5.41, 5.74) is 5.44. The first-order chi connectivity index (χ1) is 8.83. The lowest BCUT2D eigenvalue weighted by atomic mass is 10.2. The van der Waals surface area contributed by atoms with E-state index < -0.39 is 0 Å². The largest absolute Gasteiger partial charge is 0.370 e. The maximum atomic E-state index is 10.2. The fourth-order valence-corrected chi connectivity index (χ4v) is 1.09. The number of hydrogen-bond donors (Lipinski definition) is 2. The molecule has 0 aliphatic carbocycles. The molecule has 1 rings (SSSR count). The molecule has 1 aromatic heterocycles. The lowest BCUT2D eigenvalue weighted by Crippen LogP contribution is -2.22. The maximum absolute atomic E-state index is 10.2. The highest BCUT2D eigenvalue weighted by Crippen LogP contribution is 2.00. The van der Waals surface area contributed by atoms with Gasteiger partial charge in [-0.05, 0) is 25.0 Å². The first kappa shape index (κ1) is 18.9. The number of rotatable bonds is 6. The molecule has 4 nitrogen and oxygen atoms in total. The third kappa shape index (κ3) is 11.1. The molecule has 1 atom stereocenters. The van der Waals surface area contributed by atoms with Crippen molar-refractivity contribution in [3.63, 3.8) is 0 Å². The molecule has 0 amide bonds. The van der Waals surface area contributed by atoms with Crippen LogP contribution in [0, 0.1) is 0 Å². The molecule has 1 aromatic rings. The minimum atomic E-state index is -0.333. The van der Waals surface area contributed by atoms with Gasteiger partial charge in [-0.1, -0.05) is 33.8 Å². The van der Waals surface area contributed by atoms with E-state index >= 15 is 0 Å². The highest BCUT2D eigenvalue weighted by Gasteiger charge is 1.98. The Morgan fingerprint density at radius 2 is 2.00 bits per heavy atom. The van der Waals surface area contributed by atoms with Gasteiger partial charge in [-0.15, -0.1) is 0 Å². The van der Waals surface area contributed by atoms with E-state index in [1.165, 1.54) is 0 Å². The first-order valence-corrected chi connectivity index (χ1v) is 6.68. The molecule has 3 N–H and O–H groups in total. The number of pyridine rings is 1. The lowest BCUT2D eigenvalue weighted by molar-refractivity contribution is -0.109. The molecule has 0 radical (unpaired) electrons. The Morgan fingerprint density at radius 3 is 2.50 bits per heavy atom. The van der Waals surface area contributed by atoms with Crippen LogP contribution in [0.2, 0.25) is 0 Å². The van der Waals surface area contributed by atoms with Gasteiger partial charge in [0.15, 0.2) is 0 Å². The van der Waals surface area contributed by atoms with Crippen molar-refractivity contribution in [2.24, 2.45) is 5.73 Å². The van der Waals surface area contributed by atoms with Crippen LogP contribution in [0.3, 0.4) is 0 Å². The zero-order chi connectivity index (χ0) is 14.2. The number of aromatic nitrogens is 1. The molecule has 4 heteroatoms. The summed E-state index contributed by atoms with van der Waals surface area (Å²) in [5.74, 6) is 0.854. The molecule has 0 bridgehead atoms. The van der Waals surface area contributed by atoms with Gasteiger partial charge in [-0.2, -0.15) is 0 Å². The molecular weight excluding hydrogens is 226 g/mol. The third-order valence-electron chi connectivity index (χ3n) is 1.86. The number of nitrogens with zero attached hydrogens (tertiary/aromatic N) is 1. The molecule has 1 heterocycles. The summed E-state index contributed by atoms with van der Waals surface area (Å²) in [6.45, 7) is 8.79. The summed E-state index contributed by atoms with van der Waals surface area (Å²) in [4.78, 5) is 14.3. The summed E-state index contributed by atoms with van der Waals surface area (Å²) in [6, 6.07) is 5.36. The number of aldehydes is 1. The van der Waals surface area contributed by atoms with Gasteiger partial charge in [-0.25, -0.2) is 4.98 Å². The Bertz CT molecular complexity index is 265. The number of hydrogen-bond acceptors (Lipinski definition) is 4. The summed E-state index contributed by atoms with van der Waals surface area (Å²) in [7, 11) is 0. The van der Waals surface area contributed by atoms with E-state index in [-0.39, 0.29) is 6.04 Å². The molecule has 18 heavy (non-hydrogen) atoms. The van der Waals surface area contributed by atoms with Crippen LogP contribution in [0.5, 0.6) is 0 Å². The highest BCUT2D eigenvalue weighted by atomic mass is 16.1. The monoisotopic (exact) mass is 253 g/mol. The molecule has 0 aromatic carbocycles. The molecule has 0 saturated carbocycles. The molecule has 0 aliphatic rings. The number of carbonyl (C=O) groups is 1.